The zero-order chi connectivity index (χ0) is 26.4. The lowest BCUT2D eigenvalue weighted by atomic mass is 10.0. The van der Waals surface area contributed by atoms with Crippen molar-refractivity contribution in [2.24, 2.45) is 0 Å². The third kappa shape index (κ3) is 6.77. The summed E-state index contributed by atoms with van der Waals surface area (Å²) in [5, 5.41) is 2.65. The SMILES string of the molecule is Cc1cc(NS(=O)(=O)c2ccc(NC(=O)COc3ccc(C(=O)c4ccccc4)cc3)cc2)nc(C)n1. The molecule has 0 spiro atoms. The van der Waals surface area contributed by atoms with E-state index in [0.717, 1.165) is 0 Å². The minimum absolute atomic E-state index is 0.0146. The van der Waals surface area contributed by atoms with Crippen LogP contribution in [-0.4, -0.2) is 36.7 Å². The summed E-state index contributed by atoms with van der Waals surface area (Å²) in [6, 6.07) is 22.7. The molecule has 1 heterocycles. The van der Waals surface area contributed by atoms with E-state index < -0.39 is 15.9 Å². The van der Waals surface area contributed by atoms with E-state index in [1.54, 1.807) is 62.4 Å². The molecule has 0 radical (unpaired) electrons. The quantitative estimate of drug-likeness (QED) is 0.320. The Morgan fingerprint density at radius 1 is 0.838 bits per heavy atom. The van der Waals surface area contributed by atoms with E-state index in [9.17, 15) is 18.0 Å². The molecule has 4 aromatic rings. The second-order valence-electron chi connectivity index (χ2n) is 8.13. The van der Waals surface area contributed by atoms with Crippen LogP contribution in [-0.2, 0) is 14.8 Å². The maximum absolute atomic E-state index is 12.7. The zero-order valence-electron chi connectivity index (χ0n) is 20.1. The Balaban J connectivity index is 1.31. The van der Waals surface area contributed by atoms with Gasteiger partial charge in [0.1, 0.15) is 17.4 Å². The van der Waals surface area contributed by atoms with Crippen LogP contribution in [0.2, 0.25) is 0 Å². The number of amides is 1. The van der Waals surface area contributed by atoms with Gasteiger partial charge in [-0.3, -0.25) is 14.3 Å². The van der Waals surface area contributed by atoms with Crippen molar-refractivity contribution >= 4 is 33.2 Å². The molecule has 0 aliphatic rings. The van der Waals surface area contributed by atoms with Crippen LogP contribution in [0.15, 0.2) is 89.8 Å². The highest BCUT2D eigenvalue weighted by molar-refractivity contribution is 7.92. The van der Waals surface area contributed by atoms with Crippen LogP contribution in [0.5, 0.6) is 5.75 Å². The molecule has 9 nitrogen and oxygen atoms in total. The second-order valence-corrected chi connectivity index (χ2v) is 9.81. The first-order chi connectivity index (χ1) is 17.7. The number of benzene rings is 3. The van der Waals surface area contributed by atoms with Gasteiger partial charge in [0, 0.05) is 28.6 Å². The molecular formula is C27H24N4O5S. The number of sulfonamides is 1. The number of hydrogen-bond donors (Lipinski definition) is 2. The number of rotatable bonds is 9. The van der Waals surface area contributed by atoms with Crippen molar-refractivity contribution in [3.8, 4) is 5.75 Å². The fraction of sp³-hybridized carbons (Fsp3) is 0.111. The predicted molar refractivity (Wildman–Crippen MR) is 139 cm³/mol. The van der Waals surface area contributed by atoms with Crippen molar-refractivity contribution in [2.75, 3.05) is 16.6 Å². The number of nitrogens with one attached hydrogen (secondary N) is 2. The molecule has 0 saturated carbocycles. The summed E-state index contributed by atoms with van der Waals surface area (Å²) in [6.07, 6.45) is 0. The Morgan fingerprint density at radius 3 is 2.14 bits per heavy atom. The number of carbonyl (C=O) groups is 2. The van der Waals surface area contributed by atoms with Gasteiger partial charge in [-0.1, -0.05) is 30.3 Å². The number of aryl methyl sites for hydroxylation is 2. The summed E-state index contributed by atoms with van der Waals surface area (Å²) in [6.45, 7) is 3.16. The van der Waals surface area contributed by atoms with E-state index in [1.807, 2.05) is 6.07 Å². The van der Waals surface area contributed by atoms with Crippen LogP contribution in [0.25, 0.3) is 0 Å². The maximum atomic E-state index is 12.7. The van der Waals surface area contributed by atoms with E-state index in [1.165, 1.54) is 30.3 Å². The molecule has 0 bridgehead atoms. The summed E-state index contributed by atoms with van der Waals surface area (Å²) >= 11 is 0. The number of aromatic nitrogens is 2. The van der Waals surface area contributed by atoms with Gasteiger partial charge >= 0.3 is 0 Å². The normalized spacial score (nSPS) is 11.0. The van der Waals surface area contributed by atoms with E-state index in [0.29, 0.717) is 34.1 Å². The van der Waals surface area contributed by atoms with Crippen LogP contribution in [0.3, 0.4) is 0 Å². The van der Waals surface area contributed by atoms with Crippen molar-refractivity contribution in [2.45, 2.75) is 18.7 Å². The van der Waals surface area contributed by atoms with Gasteiger partial charge in [0.05, 0.1) is 4.90 Å². The Bertz CT molecular complexity index is 1500. The highest BCUT2D eigenvalue weighted by Gasteiger charge is 2.16. The molecule has 4 rings (SSSR count). The maximum Gasteiger partial charge on any atom is 0.263 e. The summed E-state index contributed by atoms with van der Waals surface area (Å²) in [7, 11) is -3.87. The fourth-order valence-corrected chi connectivity index (χ4v) is 4.48. The van der Waals surface area contributed by atoms with Crippen LogP contribution in [0.4, 0.5) is 11.5 Å². The molecule has 1 aromatic heterocycles. The highest BCUT2D eigenvalue weighted by Crippen LogP contribution is 2.19. The number of ketones is 1. The Labute approximate surface area is 214 Å². The molecule has 0 aliphatic carbocycles. The van der Waals surface area contributed by atoms with E-state index >= 15 is 0 Å². The van der Waals surface area contributed by atoms with Crippen LogP contribution < -0.4 is 14.8 Å². The molecule has 0 atom stereocenters. The predicted octanol–water partition coefficient (Wildman–Crippen LogP) is 4.14. The van der Waals surface area contributed by atoms with Crippen LogP contribution in [0, 0.1) is 13.8 Å². The highest BCUT2D eigenvalue weighted by atomic mass is 32.2. The van der Waals surface area contributed by atoms with Gasteiger partial charge in [-0.25, -0.2) is 18.4 Å². The number of ether oxygens (including phenoxy) is 1. The Morgan fingerprint density at radius 2 is 1.49 bits per heavy atom. The molecule has 0 fully saturated rings. The Kier molecular flexibility index (Phi) is 7.59. The lowest BCUT2D eigenvalue weighted by Gasteiger charge is -2.10. The van der Waals surface area contributed by atoms with Gasteiger partial charge in [0.15, 0.2) is 12.4 Å². The van der Waals surface area contributed by atoms with E-state index in [2.05, 4.69) is 20.0 Å². The van der Waals surface area contributed by atoms with E-state index in [4.69, 9.17) is 4.74 Å². The molecular weight excluding hydrogens is 492 g/mol. The molecule has 0 aliphatic heterocycles. The van der Waals surface area contributed by atoms with Gasteiger partial charge in [0.25, 0.3) is 15.9 Å². The van der Waals surface area contributed by atoms with Gasteiger partial charge in [-0.2, -0.15) is 0 Å². The topological polar surface area (TPSA) is 127 Å². The van der Waals surface area contributed by atoms with Crippen molar-refractivity contribution in [3.63, 3.8) is 0 Å². The summed E-state index contributed by atoms with van der Waals surface area (Å²) in [5.74, 6) is 0.534. The first-order valence-electron chi connectivity index (χ1n) is 11.3. The smallest absolute Gasteiger partial charge is 0.263 e. The fourth-order valence-electron chi connectivity index (χ4n) is 3.49. The van der Waals surface area contributed by atoms with Crippen LogP contribution in [0.1, 0.15) is 27.4 Å². The van der Waals surface area contributed by atoms with Crippen LogP contribution >= 0.6 is 0 Å². The summed E-state index contributed by atoms with van der Waals surface area (Å²) < 4.78 is 33.3. The monoisotopic (exact) mass is 516 g/mol. The van der Waals surface area contributed by atoms with Gasteiger partial charge in [-0.15, -0.1) is 0 Å². The van der Waals surface area contributed by atoms with Crippen molar-refractivity contribution in [1.82, 2.24) is 9.97 Å². The number of nitrogens with zero attached hydrogens (tertiary/aromatic N) is 2. The lowest BCUT2D eigenvalue weighted by Crippen LogP contribution is -2.20. The molecule has 188 valence electrons. The summed E-state index contributed by atoms with van der Waals surface area (Å²) in [4.78, 5) is 33.0. The third-order valence-corrected chi connectivity index (χ3v) is 6.55. The minimum atomic E-state index is -3.87. The average molecular weight is 517 g/mol. The van der Waals surface area contributed by atoms with Crippen molar-refractivity contribution in [3.05, 3.63) is 108 Å². The molecule has 2 N–H and O–H groups in total. The molecule has 0 unspecified atom stereocenters. The minimum Gasteiger partial charge on any atom is -0.484 e. The third-order valence-electron chi connectivity index (χ3n) is 5.18. The number of anilines is 2. The average Bonchev–Trinajstić information content (AvgIpc) is 2.87. The largest absolute Gasteiger partial charge is 0.484 e. The molecule has 0 saturated heterocycles. The second kappa shape index (κ2) is 11.0. The number of carbonyl (C=O) groups excluding carboxylic acids is 2. The zero-order valence-corrected chi connectivity index (χ0v) is 21.0. The van der Waals surface area contributed by atoms with Crippen molar-refractivity contribution in [1.29, 1.82) is 0 Å². The lowest BCUT2D eigenvalue weighted by molar-refractivity contribution is -0.118. The molecule has 3 aromatic carbocycles. The van der Waals surface area contributed by atoms with Gasteiger partial charge in [-0.05, 0) is 62.4 Å². The first kappa shape index (κ1) is 25.5. The first-order valence-corrected chi connectivity index (χ1v) is 12.8. The van der Waals surface area contributed by atoms with Gasteiger partial charge in [0.2, 0.25) is 0 Å². The van der Waals surface area contributed by atoms with Crippen molar-refractivity contribution < 1.29 is 22.7 Å². The molecule has 37 heavy (non-hydrogen) atoms. The molecule has 1 amide bonds. The Hall–Kier alpha value is -4.57. The standard InChI is InChI=1S/C27H24N4O5S/c1-18-16-25(29-19(2)28-18)31-37(34,35)24-14-10-22(11-15-24)30-26(32)17-36-23-12-8-21(9-13-23)27(33)20-6-4-3-5-7-20/h3-16H,17H2,1-2H3,(H,30,32)(H,28,29,31). The number of hydrogen-bond acceptors (Lipinski definition) is 7. The molecule has 10 heteroatoms. The summed E-state index contributed by atoms with van der Waals surface area (Å²) in [5.41, 5.74) is 2.15. The van der Waals surface area contributed by atoms with Gasteiger partial charge < -0.3 is 10.1 Å². The van der Waals surface area contributed by atoms with E-state index in [-0.39, 0.29) is 23.1 Å².